The van der Waals surface area contributed by atoms with E-state index in [0.717, 1.165) is 62.3 Å². The summed E-state index contributed by atoms with van der Waals surface area (Å²) in [5.41, 5.74) is 1.99. The van der Waals surface area contributed by atoms with Crippen molar-refractivity contribution in [2.24, 2.45) is 5.92 Å². The third-order valence-corrected chi connectivity index (χ3v) is 6.71. The fraction of sp³-hybridized carbons (Fsp3) is 0.480. The lowest BCUT2D eigenvalue weighted by Crippen LogP contribution is -2.44. The minimum absolute atomic E-state index is 0.598. The molecule has 0 spiro atoms. The molecule has 2 aromatic carbocycles. The van der Waals surface area contributed by atoms with Gasteiger partial charge in [0, 0.05) is 42.2 Å². The Kier molecular flexibility index (Phi) is 9.07. The van der Waals surface area contributed by atoms with E-state index in [4.69, 9.17) is 10.00 Å². The molecule has 0 radical (unpaired) electrons. The quantitative estimate of drug-likeness (QED) is 0.673. The summed E-state index contributed by atoms with van der Waals surface area (Å²) >= 11 is 1.95. The van der Waals surface area contributed by atoms with E-state index < -0.39 is 0 Å². The molecule has 1 atom stereocenters. The van der Waals surface area contributed by atoms with Crippen LogP contribution in [0.3, 0.4) is 0 Å². The van der Waals surface area contributed by atoms with Crippen molar-refractivity contribution in [1.82, 2.24) is 10.2 Å². The number of nitriles is 1. The van der Waals surface area contributed by atoms with Gasteiger partial charge in [-0.1, -0.05) is 26.0 Å². The first-order valence-corrected chi connectivity index (χ1v) is 12.0. The molecule has 4 nitrogen and oxygen atoms in total. The Morgan fingerprint density at radius 2 is 1.97 bits per heavy atom. The fourth-order valence-corrected chi connectivity index (χ4v) is 4.78. The molecule has 2 saturated heterocycles. The maximum absolute atomic E-state index is 9.02. The Morgan fingerprint density at radius 1 is 1.17 bits per heavy atom. The molecule has 30 heavy (non-hydrogen) atoms. The third-order valence-electron chi connectivity index (χ3n) is 5.50. The molecule has 0 saturated carbocycles. The fourth-order valence-electron chi connectivity index (χ4n) is 3.70. The molecule has 1 unspecified atom stereocenters. The van der Waals surface area contributed by atoms with E-state index in [1.165, 1.54) is 16.9 Å². The minimum atomic E-state index is 0.598. The average molecular weight is 424 g/mol. The number of hydrogen-bond donors (Lipinski definition) is 1. The van der Waals surface area contributed by atoms with E-state index in [0.29, 0.717) is 5.92 Å². The van der Waals surface area contributed by atoms with Gasteiger partial charge in [0.2, 0.25) is 0 Å². The molecule has 2 heterocycles. The Bertz CT molecular complexity index is 814. The lowest BCUT2D eigenvalue weighted by molar-refractivity contribution is 0.241. The van der Waals surface area contributed by atoms with Gasteiger partial charge in [0.1, 0.15) is 5.75 Å². The number of rotatable bonds is 8. The maximum atomic E-state index is 9.02. The summed E-state index contributed by atoms with van der Waals surface area (Å²) in [5, 5.41) is 13.0. The van der Waals surface area contributed by atoms with Crippen LogP contribution in [-0.2, 0) is 6.42 Å². The Morgan fingerprint density at radius 3 is 2.67 bits per heavy atom. The molecule has 0 aliphatic carbocycles. The molecule has 2 aliphatic heterocycles. The van der Waals surface area contributed by atoms with Crippen molar-refractivity contribution in [2.75, 3.05) is 39.3 Å². The summed E-state index contributed by atoms with van der Waals surface area (Å²) in [5.74, 6) is 1.57. The number of likely N-dealkylation sites (tertiary alicyclic amines) is 1. The van der Waals surface area contributed by atoms with Crippen LogP contribution in [0.1, 0.15) is 31.4 Å². The molecule has 0 amide bonds. The highest BCUT2D eigenvalue weighted by Crippen LogP contribution is 2.27. The molecular weight excluding hydrogens is 390 g/mol. The monoisotopic (exact) mass is 423 g/mol. The van der Waals surface area contributed by atoms with Crippen LogP contribution in [0.5, 0.6) is 5.75 Å². The molecule has 160 valence electrons. The topological polar surface area (TPSA) is 48.3 Å². The zero-order valence-corrected chi connectivity index (χ0v) is 19.0. The highest BCUT2D eigenvalue weighted by molar-refractivity contribution is 8.00. The molecule has 2 fully saturated rings. The number of nitrogens with one attached hydrogen (secondary N) is 1. The van der Waals surface area contributed by atoms with Gasteiger partial charge in [-0.2, -0.15) is 5.26 Å². The van der Waals surface area contributed by atoms with Crippen molar-refractivity contribution < 1.29 is 4.74 Å². The molecular formula is C25H33N3OS. The van der Waals surface area contributed by atoms with Crippen molar-refractivity contribution in [3.05, 3.63) is 59.7 Å². The van der Waals surface area contributed by atoms with Gasteiger partial charge in [0.05, 0.1) is 18.2 Å². The standard InChI is InChI=1S/C23H27N3OS.C2H6/c24-13-19-3-1-2-18(12-19)8-10-26-11-9-20(16-26)17-27-21-4-6-22(7-5-21)28-23-14-25-15-23;1-2/h1-7,12,20,23,25H,8-11,14-17H2;1-2H3. The van der Waals surface area contributed by atoms with Crippen LogP contribution >= 0.6 is 11.8 Å². The number of nitrogens with zero attached hydrogens (tertiary/aromatic N) is 2. The van der Waals surface area contributed by atoms with Gasteiger partial charge < -0.3 is 15.0 Å². The largest absolute Gasteiger partial charge is 0.493 e. The van der Waals surface area contributed by atoms with Crippen molar-refractivity contribution >= 4 is 11.8 Å². The van der Waals surface area contributed by atoms with Crippen LogP contribution < -0.4 is 10.1 Å². The van der Waals surface area contributed by atoms with Crippen molar-refractivity contribution in [3.63, 3.8) is 0 Å². The van der Waals surface area contributed by atoms with Gasteiger partial charge in [-0.3, -0.25) is 0 Å². The van der Waals surface area contributed by atoms with Crippen LogP contribution in [0, 0.1) is 17.2 Å². The number of benzene rings is 2. The minimum Gasteiger partial charge on any atom is -0.493 e. The van der Waals surface area contributed by atoms with E-state index in [-0.39, 0.29) is 0 Å². The SMILES string of the molecule is CC.N#Cc1cccc(CCN2CCC(COc3ccc(SC4CNC4)cc3)C2)c1. The summed E-state index contributed by atoms with van der Waals surface area (Å²) in [6, 6.07) is 18.7. The van der Waals surface area contributed by atoms with E-state index in [1.807, 2.05) is 43.8 Å². The first kappa shape index (κ1) is 22.7. The lowest BCUT2D eigenvalue weighted by atomic mass is 10.1. The van der Waals surface area contributed by atoms with E-state index in [9.17, 15) is 0 Å². The molecule has 0 aromatic heterocycles. The van der Waals surface area contributed by atoms with Crippen LogP contribution in [0.2, 0.25) is 0 Å². The molecule has 0 bridgehead atoms. The van der Waals surface area contributed by atoms with E-state index in [1.54, 1.807) is 0 Å². The van der Waals surface area contributed by atoms with Gasteiger partial charge in [-0.05, 0) is 61.3 Å². The second kappa shape index (κ2) is 12.0. The molecule has 1 N–H and O–H groups in total. The van der Waals surface area contributed by atoms with Gasteiger partial charge >= 0.3 is 0 Å². The van der Waals surface area contributed by atoms with Crippen LogP contribution in [0.15, 0.2) is 53.4 Å². The Hall–Kier alpha value is -2.00. The first-order chi connectivity index (χ1) is 14.8. The average Bonchev–Trinajstić information content (AvgIpc) is 3.24. The summed E-state index contributed by atoms with van der Waals surface area (Å²) < 4.78 is 6.05. The zero-order valence-electron chi connectivity index (χ0n) is 18.1. The number of ether oxygens (including phenoxy) is 1. The van der Waals surface area contributed by atoms with Gasteiger partial charge in [0.15, 0.2) is 0 Å². The highest BCUT2D eigenvalue weighted by Gasteiger charge is 2.23. The second-order valence-corrected chi connectivity index (χ2v) is 9.07. The molecule has 5 heteroatoms. The van der Waals surface area contributed by atoms with Crippen molar-refractivity contribution in [2.45, 2.75) is 36.8 Å². The van der Waals surface area contributed by atoms with Crippen LogP contribution in [0.25, 0.3) is 0 Å². The van der Waals surface area contributed by atoms with Gasteiger partial charge in [-0.15, -0.1) is 11.8 Å². The number of hydrogen-bond acceptors (Lipinski definition) is 5. The van der Waals surface area contributed by atoms with E-state index >= 15 is 0 Å². The molecule has 2 aromatic rings. The smallest absolute Gasteiger partial charge is 0.119 e. The van der Waals surface area contributed by atoms with Crippen LogP contribution in [0.4, 0.5) is 0 Å². The normalized spacial score (nSPS) is 18.8. The van der Waals surface area contributed by atoms with E-state index in [2.05, 4.69) is 46.6 Å². The van der Waals surface area contributed by atoms with Crippen LogP contribution in [-0.4, -0.2) is 49.5 Å². The lowest BCUT2D eigenvalue weighted by Gasteiger charge is -2.26. The predicted molar refractivity (Wildman–Crippen MR) is 125 cm³/mol. The maximum Gasteiger partial charge on any atom is 0.119 e. The van der Waals surface area contributed by atoms with Gasteiger partial charge in [0.25, 0.3) is 0 Å². The Balaban J connectivity index is 0.00000124. The van der Waals surface area contributed by atoms with Crippen molar-refractivity contribution in [3.8, 4) is 11.8 Å². The number of thioether (sulfide) groups is 1. The second-order valence-electron chi connectivity index (χ2n) is 7.70. The first-order valence-electron chi connectivity index (χ1n) is 11.1. The predicted octanol–water partition coefficient (Wildman–Crippen LogP) is 4.59. The summed E-state index contributed by atoms with van der Waals surface area (Å²) in [4.78, 5) is 3.84. The zero-order chi connectivity index (χ0) is 21.2. The Labute approximate surface area is 185 Å². The summed E-state index contributed by atoms with van der Waals surface area (Å²) in [6.45, 7) is 10.3. The molecule has 4 rings (SSSR count). The van der Waals surface area contributed by atoms with Crippen molar-refractivity contribution in [1.29, 1.82) is 5.26 Å². The summed E-state index contributed by atoms with van der Waals surface area (Å²) in [7, 11) is 0. The third kappa shape index (κ3) is 6.77. The highest BCUT2D eigenvalue weighted by atomic mass is 32.2. The molecule has 2 aliphatic rings. The summed E-state index contributed by atoms with van der Waals surface area (Å²) in [6.07, 6.45) is 2.19. The van der Waals surface area contributed by atoms with Gasteiger partial charge in [-0.25, -0.2) is 0 Å².